The number of fused-ring (bicyclic) bond motifs is 1. The summed E-state index contributed by atoms with van der Waals surface area (Å²) in [5, 5.41) is 0. The third-order valence-electron chi connectivity index (χ3n) is 6.17. The van der Waals surface area contributed by atoms with Gasteiger partial charge in [-0.05, 0) is 56.0 Å². The van der Waals surface area contributed by atoms with E-state index in [9.17, 15) is 13.2 Å². The van der Waals surface area contributed by atoms with Gasteiger partial charge in [0.1, 0.15) is 0 Å². The van der Waals surface area contributed by atoms with Gasteiger partial charge in [-0.15, -0.1) is 0 Å². The number of piperidine rings is 1. The smallest absolute Gasteiger partial charge is 0.243 e. The average Bonchev–Trinajstić information content (AvgIpc) is 3.23. The monoisotopic (exact) mass is 415 g/mol. The van der Waals surface area contributed by atoms with Crippen LogP contribution in [0.1, 0.15) is 49.9 Å². The number of amides is 1. The molecule has 2 aliphatic heterocycles. The Morgan fingerprint density at radius 1 is 1.00 bits per heavy atom. The minimum absolute atomic E-state index is 0.0864. The molecule has 0 spiro atoms. The average molecular weight is 416 g/mol. The second-order valence-electron chi connectivity index (χ2n) is 8.00. The van der Waals surface area contributed by atoms with Crippen LogP contribution in [-0.2, 0) is 27.8 Å². The molecule has 1 aromatic heterocycles. The minimum Gasteiger partial charge on any atom is -0.348 e. The van der Waals surface area contributed by atoms with Crippen LogP contribution in [0, 0.1) is 0 Å². The predicted molar refractivity (Wildman–Crippen MR) is 112 cm³/mol. The topological polar surface area (TPSA) is 62.6 Å². The lowest BCUT2D eigenvalue weighted by Crippen LogP contribution is -2.40. The van der Waals surface area contributed by atoms with Gasteiger partial charge in [0, 0.05) is 44.5 Å². The van der Waals surface area contributed by atoms with Crippen molar-refractivity contribution in [2.75, 3.05) is 19.6 Å². The van der Waals surface area contributed by atoms with Crippen molar-refractivity contribution >= 4 is 15.9 Å². The van der Waals surface area contributed by atoms with Crippen LogP contribution in [0.5, 0.6) is 0 Å². The number of nitrogens with zero attached hydrogens (tertiary/aromatic N) is 3. The largest absolute Gasteiger partial charge is 0.348 e. The van der Waals surface area contributed by atoms with Gasteiger partial charge in [0.15, 0.2) is 0 Å². The third kappa shape index (κ3) is 4.12. The van der Waals surface area contributed by atoms with Crippen LogP contribution in [0.15, 0.2) is 47.5 Å². The highest BCUT2D eigenvalue weighted by molar-refractivity contribution is 7.89. The number of aryl methyl sites for hydroxylation is 1. The van der Waals surface area contributed by atoms with Crippen molar-refractivity contribution in [2.24, 2.45) is 0 Å². The van der Waals surface area contributed by atoms with E-state index in [4.69, 9.17) is 0 Å². The molecule has 29 heavy (non-hydrogen) atoms. The van der Waals surface area contributed by atoms with E-state index < -0.39 is 10.0 Å². The molecule has 0 saturated carbocycles. The maximum absolute atomic E-state index is 12.8. The van der Waals surface area contributed by atoms with Gasteiger partial charge < -0.3 is 9.47 Å². The maximum Gasteiger partial charge on any atom is 0.243 e. The number of benzene rings is 1. The van der Waals surface area contributed by atoms with Gasteiger partial charge >= 0.3 is 0 Å². The van der Waals surface area contributed by atoms with Crippen LogP contribution in [0.3, 0.4) is 0 Å². The van der Waals surface area contributed by atoms with E-state index in [0.29, 0.717) is 30.8 Å². The molecule has 3 heterocycles. The fourth-order valence-electron chi connectivity index (χ4n) is 4.40. The molecule has 156 valence electrons. The molecule has 1 fully saturated rings. The molecule has 2 aliphatic rings. The number of hydrogen-bond acceptors (Lipinski definition) is 3. The zero-order valence-corrected chi connectivity index (χ0v) is 17.8. The molecular weight excluding hydrogens is 386 g/mol. The Morgan fingerprint density at radius 3 is 2.45 bits per heavy atom. The molecule has 0 aliphatic carbocycles. The van der Waals surface area contributed by atoms with E-state index >= 15 is 0 Å². The Hall–Kier alpha value is -2.12. The summed E-state index contributed by atoms with van der Waals surface area (Å²) in [6.07, 6.45) is 6.07. The number of aromatic nitrogens is 1. The summed E-state index contributed by atoms with van der Waals surface area (Å²) in [6, 6.07) is 11.2. The third-order valence-corrected chi connectivity index (χ3v) is 8.08. The van der Waals surface area contributed by atoms with Gasteiger partial charge in [-0.2, -0.15) is 4.31 Å². The zero-order valence-electron chi connectivity index (χ0n) is 17.0. The van der Waals surface area contributed by atoms with Gasteiger partial charge in [0.05, 0.1) is 10.9 Å². The van der Waals surface area contributed by atoms with Gasteiger partial charge in [0.25, 0.3) is 0 Å². The Labute approximate surface area is 173 Å². The summed E-state index contributed by atoms with van der Waals surface area (Å²) in [4.78, 5) is 15.1. The summed E-state index contributed by atoms with van der Waals surface area (Å²) in [5.74, 6) is 0.148. The number of rotatable bonds is 5. The van der Waals surface area contributed by atoms with Crippen LogP contribution in [-0.4, -0.2) is 47.7 Å². The molecule has 4 rings (SSSR count). The molecule has 1 amide bonds. The van der Waals surface area contributed by atoms with Gasteiger partial charge in [-0.1, -0.05) is 18.6 Å². The van der Waals surface area contributed by atoms with E-state index in [-0.39, 0.29) is 11.9 Å². The van der Waals surface area contributed by atoms with E-state index in [2.05, 4.69) is 23.8 Å². The summed E-state index contributed by atoms with van der Waals surface area (Å²) in [6.45, 7) is 4.85. The lowest BCUT2D eigenvalue weighted by Gasteiger charge is -2.35. The highest BCUT2D eigenvalue weighted by Gasteiger charge is 2.27. The van der Waals surface area contributed by atoms with Crippen LogP contribution in [0.25, 0.3) is 0 Å². The quantitative estimate of drug-likeness (QED) is 0.753. The van der Waals surface area contributed by atoms with Crippen molar-refractivity contribution in [3.05, 3.63) is 53.9 Å². The van der Waals surface area contributed by atoms with Crippen molar-refractivity contribution in [2.45, 2.75) is 56.5 Å². The van der Waals surface area contributed by atoms with Gasteiger partial charge in [-0.3, -0.25) is 4.79 Å². The highest BCUT2D eigenvalue weighted by atomic mass is 32.2. The lowest BCUT2D eigenvalue weighted by molar-refractivity contribution is -0.134. The Balaban J connectivity index is 1.36. The molecule has 7 heteroatoms. The van der Waals surface area contributed by atoms with E-state index in [1.54, 1.807) is 16.4 Å². The number of hydrogen-bond donors (Lipinski definition) is 0. The molecule has 6 nitrogen and oxygen atoms in total. The van der Waals surface area contributed by atoms with Gasteiger partial charge in [0.2, 0.25) is 15.9 Å². The van der Waals surface area contributed by atoms with Crippen LogP contribution in [0.4, 0.5) is 0 Å². The number of carbonyl (C=O) groups is 1. The summed E-state index contributed by atoms with van der Waals surface area (Å²) in [7, 11) is -3.40. The molecule has 1 atom stereocenters. The molecule has 0 N–H and O–H groups in total. The first kappa shape index (κ1) is 20.2. The van der Waals surface area contributed by atoms with Crippen LogP contribution in [0.2, 0.25) is 0 Å². The molecular formula is C22H29N3O3S. The molecule has 1 aromatic carbocycles. The van der Waals surface area contributed by atoms with Gasteiger partial charge in [-0.25, -0.2) is 8.42 Å². The van der Waals surface area contributed by atoms with Crippen molar-refractivity contribution in [1.29, 1.82) is 0 Å². The fraction of sp³-hybridized carbons (Fsp3) is 0.500. The SMILES string of the molecule is CC1c2cccn2CCN1C(=O)CCc1ccc(S(=O)(=O)N2CCCCC2)cc1. The molecule has 1 saturated heterocycles. The Bertz CT molecular complexity index is 959. The molecule has 0 bridgehead atoms. The number of sulfonamides is 1. The zero-order chi connectivity index (χ0) is 20.4. The fourth-order valence-corrected chi connectivity index (χ4v) is 5.91. The summed E-state index contributed by atoms with van der Waals surface area (Å²) >= 11 is 0. The first-order valence-electron chi connectivity index (χ1n) is 10.5. The second-order valence-corrected chi connectivity index (χ2v) is 9.94. The Kier molecular flexibility index (Phi) is 5.79. The first-order chi connectivity index (χ1) is 14.0. The van der Waals surface area contributed by atoms with E-state index in [0.717, 1.165) is 37.9 Å². The van der Waals surface area contributed by atoms with Crippen LogP contribution >= 0.6 is 0 Å². The van der Waals surface area contributed by atoms with Crippen molar-refractivity contribution < 1.29 is 13.2 Å². The number of carbonyl (C=O) groups excluding carboxylic acids is 1. The normalized spacial score (nSPS) is 20.4. The molecule has 0 radical (unpaired) electrons. The van der Waals surface area contributed by atoms with E-state index in [1.165, 1.54) is 5.69 Å². The molecule has 2 aromatic rings. The highest BCUT2D eigenvalue weighted by Crippen LogP contribution is 2.26. The standard InChI is InChI=1S/C22H29N3O3S/c1-18-21-6-5-13-23(21)16-17-25(18)22(26)12-9-19-7-10-20(11-8-19)29(27,28)24-14-3-2-4-15-24/h5-8,10-11,13,18H,2-4,9,12,14-17H2,1H3. The predicted octanol–water partition coefficient (Wildman–Crippen LogP) is 3.20. The summed E-state index contributed by atoms with van der Waals surface area (Å²) < 4.78 is 29.3. The van der Waals surface area contributed by atoms with Crippen molar-refractivity contribution in [1.82, 2.24) is 13.8 Å². The lowest BCUT2D eigenvalue weighted by atomic mass is 10.1. The summed E-state index contributed by atoms with van der Waals surface area (Å²) in [5.41, 5.74) is 2.17. The van der Waals surface area contributed by atoms with E-state index in [1.807, 2.05) is 23.1 Å². The van der Waals surface area contributed by atoms with Crippen molar-refractivity contribution in [3.63, 3.8) is 0 Å². The minimum atomic E-state index is -3.40. The van der Waals surface area contributed by atoms with Crippen LogP contribution < -0.4 is 0 Å². The second kappa shape index (κ2) is 8.32. The van der Waals surface area contributed by atoms with Crippen molar-refractivity contribution in [3.8, 4) is 0 Å². The first-order valence-corrected chi connectivity index (χ1v) is 11.9. The Morgan fingerprint density at radius 2 is 1.72 bits per heavy atom. The molecule has 1 unspecified atom stereocenters. The maximum atomic E-state index is 12.8.